The van der Waals surface area contributed by atoms with E-state index in [1.807, 2.05) is 12.1 Å². The number of carbonyl (C=O) groups excluding carboxylic acids is 2. The molecule has 2 amide bonds. The second kappa shape index (κ2) is 9.22. The number of carbonyl (C=O) groups is 2. The Kier molecular flexibility index (Phi) is 6.01. The van der Waals surface area contributed by atoms with Crippen molar-refractivity contribution in [2.45, 2.75) is 6.54 Å². The maximum atomic E-state index is 12.8. The number of rotatable bonds is 7. The first-order chi connectivity index (χ1) is 16.4. The topological polar surface area (TPSA) is 157 Å². The summed E-state index contributed by atoms with van der Waals surface area (Å²) >= 11 is 0. The summed E-state index contributed by atoms with van der Waals surface area (Å²) in [6.45, 7) is 3.98. The number of hydrogen-bond acceptors (Lipinski definition) is 7. The van der Waals surface area contributed by atoms with Crippen LogP contribution in [0.3, 0.4) is 0 Å². The molecule has 0 aliphatic heterocycles. The van der Waals surface area contributed by atoms with Crippen LogP contribution in [0.2, 0.25) is 0 Å². The number of primary amides is 1. The third-order valence-electron chi connectivity index (χ3n) is 5.22. The third kappa shape index (κ3) is 4.18. The van der Waals surface area contributed by atoms with Gasteiger partial charge in [0.1, 0.15) is 29.5 Å². The lowest BCUT2D eigenvalue weighted by atomic mass is 10.1. The molecule has 4 rings (SSSR count). The first-order valence-electron chi connectivity index (χ1n) is 10.2. The summed E-state index contributed by atoms with van der Waals surface area (Å²) in [5.74, 6) is -0.845. The number of hydrogen-bond donors (Lipinski definition) is 2. The molecule has 0 saturated heterocycles. The molecule has 34 heavy (non-hydrogen) atoms. The molecule has 0 spiro atoms. The number of nitriles is 1. The van der Waals surface area contributed by atoms with Gasteiger partial charge in [0.25, 0.3) is 5.91 Å². The lowest BCUT2D eigenvalue weighted by Gasteiger charge is -2.22. The molecule has 2 aromatic heterocycles. The number of benzene rings is 2. The van der Waals surface area contributed by atoms with E-state index in [-0.39, 0.29) is 24.5 Å². The van der Waals surface area contributed by atoms with Crippen molar-refractivity contribution >= 4 is 34.4 Å². The number of aromatic nitrogens is 4. The molecule has 2 heterocycles. The van der Waals surface area contributed by atoms with Gasteiger partial charge in [-0.25, -0.2) is 14.6 Å². The highest BCUT2D eigenvalue weighted by Crippen LogP contribution is 2.30. The molecule has 0 aliphatic carbocycles. The van der Waals surface area contributed by atoms with E-state index < -0.39 is 11.8 Å². The molecule has 4 N–H and O–H groups in total. The maximum Gasteiger partial charge on any atom is 0.268 e. The van der Waals surface area contributed by atoms with Crippen molar-refractivity contribution in [2.24, 2.45) is 5.73 Å². The number of nitrogens with two attached hydrogens (primary N) is 2. The van der Waals surface area contributed by atoms with Gasteiger partial charge in [-0.2, -0.15) is 10.4 Å². The van der Waals surface area contributed by atoms with Gasteiger partial charge < -0.3 is 16.4 Å². The fraction of sp³-hybridized carbons (Fsp3) is 0.0833. The molecule has 0 saturated carbocycles. The summed E-state index contributed by atoms with van der Waals surface area (Å²) in [7, 11) is 0. The van der Waals surface area contributed by atoms with Crippen LogP contribution in [0.25, 0.3) is 22.3 Å². The molecule has 10 nitrogen and oxygen atoms in total. The largest absolute Gasteiger partial charge is 0.383 e. The highest BCUT2D eigenvalue weighted by atomic mass is 16.2. The standard InChI is InChI=1S/C24H20N8O2/c1-15(13-25)24(34)31(18-8-3-2-4-9-18)10-11-32-23-19(21(26)28-14-29-23)20(30-32)16-6-5-7-17(12-16)22(27)33/h2-9,12,14H,1,10-11H2,(H2,27,33)(H2,26,28,29). The van der Waals surface area contributed by atoms with Crippen LogP contribution in [0.5, 0.6) is 0 Å². The Bertz CT molecular complexity index is 1450. The van der Waals surface area contributed by atoms with E-state index in [4.69, 9.17) is 11.5 Å². The predicted molar refractivity (Wildman–Crippen MR) is 127 cm³/mol. The van der Waals surface area contributed by atoms with Crippen molar-refractivity contribution in [1.82, 2.24) is 19.7 Å². The number of fused-ring (bicyclic) bond motifs is 1. The fourth-order valence-electron chi connectivity index (χ4n) is 3.57. The SMILES string of the molecule is C=C(C#N)C(=O)N(CCn1nc(-c2cccc(C(N)=O)c2)c2c(N)ncnc21)c1ccccc1. The van der Waals surface area contributed by atoms with Gasteiger partial charge in [-0.05, 0) is 24.3 Å². The molecule has 10 heteroatoms. The highest BCUT2D eigenvalue weighted by Gasteiger charge is 2.21. The second-order valence-electron chi connectivity index (χ2n) is 7.36. The van der Waals surface area contributed by atoms with E-state index in [1.165, 1.54) is 11.2 Å². The van der Waals surface area contributed by atoms with E-state index in [0.717, 1.165) is 0 Å². The second-order valence-corrected chi connectivity index (χ2v) is 7.36. The maximum absolute atomic E-state index is 12.8. The number of nitrogens with zero attached hydrogens (tertiary/aromatic N) is 6. The summed E-state index contributed by atoms with van der Waals surface area (Å²) in [6, 6.07) is 17.5. The van der Waals surface area contributed by atoms with Crippen molar-refractivity contribution in [1.29, 1.82) is 5.26 Å². The van der Waals surface area contributed by atoms with Crippen LogP contribution in [0.1, 0.15) is 10.4 Å². The van der Waals surface area contributed by atoms with Crippen LogP contribution in [0.15, 0.2) is 73.1 Å². The van der Waals surface area contributed by atoms with Crippen LogP contribution in [0, 0.1) is 11.3 Å². The summed E-state index contributed by atoms with van der Waals surface area (Å²) in [5, 5.41) is 14.4. The Morgan fingerprint density at radius 2 is 1.88 bits per heavy atom. The first-order valence-corrected chi connectivity index (χ1v) is 10.2. The summed E-state index contributed by atoms with van der Waals surface area (Å²) in [5.41, 5.74) is 13.9. The number of para-hydroxylation sites is 1. The zero-order chi connectivity index (χ0) is 24.2. The van der Waals surface area contributed by atoms with Crippen molar-refractivity contribution < 1.29 is 9.59 Å². The smallest absolute Gasteiger partial charge is 0.268 e. The average molecular weight is 452 g/mol. The van der Waals surface area contributed by atoms with Gasteiger partial charge in [0.2, 0.25) is 5.91 Å². The van der Waals surface area contributed by atoms with Crippen LogP contribution in [-0.2, 0) is 11.3 Å². The van der Waals surface area contributed by atoms with E-state index in [9.17, 15) is 14.9 Å². The van der Waals surface area contributed by atoms with Gasteiger partial charge in [0, 0.05) is 23.4 Å². The summed E-state index contributed by atoms with van der Waals surface area (Å²) in [6.07, 6.45) is 1.33. The molecular formula is C24H20N8O2. The number of anilines is 2. The minimum absolute atomic E-state index is 0.176. The third-order valence-corrected chi connectivity index (χ3v) is 5.22. The van der Waals surface area contributed by atoms with E-state index in [0.29, 0.717) is 33.5 Å². The first kappa shape index (κ1) is 22.2. The molecule has 0 aliphatic rings. The Balaban J connectivity index is 1.75. The lowest BCUT2D eigenvalue weighted by molar-refractivity contribution is -0.114. The predicted octanol–water partition coefficient (Wildman–Crippen LogP) is 2.29. The molecule has 4 aromatic rings. The van der Waals surface area contributed by atoms with Crippen molar-refractivity contribution in [3.05, 3.63) is 78.6 Å². The molecule has 0 unspecified atom stereocenters. The fourth-order valence-corrected chi connectivity index (χ4v) is 3.57. The van der Waals surface area contributed by atoms with Crippen LogP contribution >= 0.6 is 0 Å². The van der Waals surface area contributed by atoms with Gasteiger partial charge in [-0.1, -0.05) is 36.9 Å². The quantitative estimate of drug-likeness (QED) is 0.322. The van der Waals surface area contributed by atoms with E-state index >= 15 is 0 Å². The molecule has 0 bridgehead atoms. The molecule has 0 fully saturated rings. The van der Waals surface area contributed by atoms with Gasteiger partial charge in [0.15, 0.2) is 5.65 Å². The Hall–Kier alpha value is -5.04. The van der Waals surface area contributed by atoms with Crippen LogP contribution < -0.4 is 16.4 Å². The van der Waals surface area contributed by atoms with E-state index in [2.05, 4.69) is 21.6 Å². The minimum atomic E-state index is -0.565. The van der Waals surface area contributed by atoms with Crippen molar-refractivity contribution in [3.8, 4) is 17.3 Å². The zero-order valence-electron chi connectivity index (χ0n) is 18.0. The summed E-state index contributed by atoms with van der Waals surface area (Å²) in [4.78, 5) is 34.4. The zero-order valence-corrected chi connectivity index (χ0v) is 18.0. The van der Waals surface area contributed by atoms with E-state index in [1.54, 1.807) is 53.2 Å². The van der Waals surface area contributed by atoms with Gasteiger partial charge in [-0.15, -0.1) is 0 Å². The van der Waals surface area contributed by atoms with Gasteiger partial charge >= 0.3 is 0 Å². The Morgan fingerprint density at radius 3 is 2.59 bits per heavy atom. The highest BCUT2D eigenvalue weighted by molar-refractivity contribution is 6.07. The minimum Gasteiger partial charge on any atom is -0.383 e. The van der Waals surface area contributed by atoms with Gasteiger partial charge in [-0.3, -0.25) is 9.59 Å². The number of nitrogen functional groups attached to an aromatic ring is 1. The molecule has 168 valence electrons. The van der Waals surface area contributed by atoms with Crippen molar-refractivity contribution in [2.75, 3.05) is 17.2 Å². The lowest BCUT2D eigenvalue weighted by Crippen LogP contribution is -2.34. The van der Waals surface area contributed by atoms with Crippen LogP contribution in [-0.4, -0.2) is 38.1 Å². The Morgan fingerprint density at radius 1 is 1.12 bits per heavy atom. The van der Waals surface area contributed by atoms with Gasteiger partial charge in [0.05, 0.1) is 11.9 Å². The normalized spacial score (nSPS) is 10.6. The van der Waals surface area contributed by atoms with Crippen LogP contribution in [0.4, 0.5) is 11.5 Å². The molecular weight excluding hydrogens is 432 g/mol. The molecule has 2 aromatic carbocycles. The number of amides is 2. The Labute approximate surface area is 194 Å². The monoisotopic (exact) mass is 452 g/mol. The summed E-state index contributed by atoms with van der Waals surface area (Å²) < 4.78 is 1.61. The molecule has 0 radical (unpaired) electrons. The van der Waals surface area contributed by atoms with Crippen molar-refractivity contribution in [3.63, 3.8) is 0 Å². The molecule has 0 atom stereocenters. The average Bonchev–Trinajstić information content (AvgIpc) is 3.24.